The zero-order valence-corrected chi connectivity index (χ0v) is 8.79. The van der Waals surface area contributed by atoms with Gasteiger partial charge in [-0.25, -0.2) is 4.79 Å². The van der Waals surface area contributed by atoms with Gasteiger partial charge in [0.25, 0.3) is 0 Å². The summed E-state index contributed by atoms with van der Waals surface area (Å²) in [6.45, 7) is 4.04. The van der Waals surface area contributed by atoms with E-state index in [4.69, 9.17) is 5.73 Å². The van der Waals surface area contributed by atoms with Crippen molar-refractivity contribution in [3.8, 4) is 0 Å². The highest BCUT2D eigenvalue weighted by molar-refractivity contribution is 5.68. The zero-order valence-electron chi connectivity index (χ0n) is 8.79. The van der Waals surface area contributed by atoms with Gasteiger partial charge >= 0.3 is 6.09 Å². The summed E-state index contributed by atoms with van der Waals surface area (Å²) in [6.07, 6.45) is 2.70. The van der Waals surface area contributed by atoms with E-state index in [2.05, 4.69) is 0 Å². The van der Waals surface area contributed by atoms with Crippen molar-refractivity contribution in [3.63, 3.8) is 0 Å². The Labute approximate surface area is 84.1 Å². The van der Waals surface area contributed by atoms with Gasteiger partial charge in [0.15, 0.2) is 0 Å². The predicted octanol–water partition coefficient (Wildman–Crippen LogP) is 1.40. The first-order valence-electron chi connectivity index (χ1n) is 5.16. The van der Waals surface area contributed by atoms with Crippen LogP contribution in [0.15, 0.2) is 0 Å². The SMILES string of the molecule is C[C@]12CC[C@](C)(CC(N)C1)N2C(=O)O. The van der Waals surface area contributed by atoms with Crippen LogP contribution in [0.4, 0.5) is 4.79 Å². The van der Waals surface area contributed by atoms with Crippen molar-refractivity contribution in [1.29, 1.82) is 0 Å². The molecule has 14 heavy (non-hydrogen) atoms. The molecule has 2 bridgehead atoms. The molecule has 0 saturated carbocycles. The molecule has 1 unspecified atom stereocenters. The van der Waals surface area contributed by atoms with E-state index < -0.39 is 6.09 Å². The third-order valence-corrected chi connectivity index (χ3v) is 3.88. The Hall–Kier alpha value is -0.770. The number of amides is 1. The Morgan fingerprint density at radius 1 is 1.36 bits per heavy atom. The van der Waals surface area contributed by atoms with Crippen molar-refractivity contribution >= 4 is 6.09 Å². The fourth-order valence-corrected chi connectivity index (χ4v) is 3.46. The zero-order chi connectivity index (χ0) is 10.6. The summed E-state index contributed by atoms with van der Waals surface area (Å²) in [4.78, 5) is 12.9. The van der Waals surface area contributed by atoms with Crippen LogP contribution in [0.2, 0.25) is 0 Å². The molecule has 2 fully saturated rings. The number of hydrogen-bond acceptors (Lipinski definition) is 2. The summed E-state index contributed by atoms with van der Waals surface area (Å²) >= 11 is 0. The standard InChI is InChI=1S/C10H18N2O2/c1-9-3-4-10(2,6-7(11)5-9)12(9)8(13)14/h7H,3-6,11H2,1-2H3,(H,13,14)/t7?,9-,10+. The lowest BCUT2D eigenvalue weighted by atomic mass is 9.83. The summed E-state index contributed by atoms with van der Waals surface area (Å²) in [5.74, 6) is 0. The average Bonchev–Trinajstić information content (AvgIpc) is 2.15. The van der Waals surface area contributed by atoms with Crippen LogP contribution in [-0.2, 0) is 0 Å². The van der Waals surface area contributed by atoms with Gasteiger partial charge in [0.05, 0.1) is 0 Å². The quantitative estimate of drug-likeness (QED) is 0.618. The molecule has 2 saturated heterocycles. The molecular formula is C10H18N2O2. The molecular weight excluding hydrogens is 180 g/mol. The first-order valence-corrected chi connectivity index (χ1v) is 5.16. The first kappa shape index (κ1) is 9.77. The molecule has 0 aromatic carbocycles. The molecule has 1 amide bonds. The third-order valence-electron chi connectivity index (χ3n) is 3.88. The second-order valence-corrected chi connectivity index (χ2v) is 5.28. The largest absolute Gasteiger partial charge is 0.465 e. The Morgan fingerprint density at radius 3 is 2.14 bits per heavy atom. The van der Waals surface area contributed by atoms with Crippen LogP contribution in [0.5, 0.6) is 0 Å². The fourth-order valence-electron chi connectivity index (χ4n) is 3.46. The summed E-state index contributed by atoms with van der Waals surface area (Å²) in [5, 5.41) is 9.22. The highest BCUT2D eigenvalue weighted by atomic mass is 16.4. The number of nitrogens with zero attached hydrogens (tertiary/aromatic N) is 1. The normalized spacial score (nSPS) is 46.8. The maximum Gasteiger partial charge on any atom is 0.408 e. The van der Waals surface area contributed by atoms with Gasteiger partial charge in [0.2, 0.25) is 0 Å². The van der Waals surface area contributed by atoms with Crippen molar-refractivity contribution in [2.45, 2.75) is 56.7 Å². The Balaban J connectivity index is 2.38. The highest BCUT2D eigenvalue weighted by Crippen LogP contribution is 2.49. The summed E-state index contributed by atoms with van der Waals surface area (Å²) < 4.78 is 0. The van der Waals surface area contributed by atoms with Gasteiger partial charge in [-0.15, -0.1) is 0 Å². The molecule has 0 aromatic heterocycles. The molecule has 2 heterocycles. The monoisotopic (exact) mass is 198 g/mol. The number of carboxylic acid groups (broad SMARTS) is 1. The minimum absolute atomic E-state index is 0.156. The maximum absolute atomic E-state index is 11.2. The van der Waals surface area contributed by atoms with E-state index in [0.29, 0.717) is 0 Å². The van der Waals surface area contributed by atoms with E-state index in [1.165, 1.54) is 0 Å². The van der Waals surface area contributed by atoms with Crippen LogP contribution >= 0.6 is 0 Å². The molecule has 4 nitrogen and oxygen atoms in total. The second-order valence-electron chi connectivity index (χ2n) is 5.28. The minimum atomic E-state index is -0.792. The van der Waals surface area contributed by atoms with Crippen molar-refractivity contribution in [2.24, 2.45) is 5.73 Å². The number of nitrogens with two attached hydrogens (primary N) is 1. The lowest BCUT2D eigenvalue weighted by Gasteiger charge is -2.48. The number of fused-ring (bicyclic) bond motifs is 2. The van der Waals surface area contributed by atoms with Crippen molar-refractivity contribution < 1.29 is 9.90 Å². The maximum atomic E-state index is 11.2. The molecule has 0 spiro atoms. The van der Waals surface area contributed by atoms with E-state index >= 15 is 0 Å². The van der Waals surface area contributed by atoms with Gasteiger partial charge < -0.3 is 10.8 Å². The smallest absolute Gasteiger partial charge is 0.408 e. The van der Waals surface area contributed by atoms with Crippen LogP contribution in [0.3, 0.4) is 0 Å². The topological polar surface area (TPSA) is 66.6 Å². The van der Waals surface area contributed by atoms with Gasteiger partial charge in [0, 0.05) is 17.1 Å². The molecule has 80 valence electrons. The molecule has 2 rings (SSSR count). The van der Waals surface area contributed by atoms with E-state index in [0.717, 1.165) is 25.7 Å². The third kappa shape index (κ3) is 1.13. The van der Waals surface area contributed by atoms with E-state index in [-0.39, 0.29) is 17.1 Å². The van der Waals surface area contributed by atoms with E-state index in [9.17, 15) is 9.90 Å². The number of piperidine rings is 1. The molecule has 3 N–H and O–H groups in total. The summed E-state index contributed by atoms with van der Waals surface area (Å²) in [7, 11) is 0. The summed E-state index contributed by atoms with van der Waals surface area (Å²) in [5.41, 5.74) is 5.52. The lowest BCUT2D eigenvalue weighted by Crippen LogP contribution is -2.61. The number of rotatable bonds is 0. The van der Waals surface area contributed by atoms with Crippen LogP contribution in [-0.4, -0.2) is 33.2 Å². The first-order chi connectivity index (χ1) is 6.37. The van der Waals surface area contributed by atoms with Gasteiger partial charge in [-0.2, -0.15) is 0 Å². The van der Waals surface area contributed by atoms with Gasteiger partial charge in [-0.1, -0.05) is 0 Å². The molecule has 4 heteroatoms. The van der Waals surface area contributed by atoms with Gasteiger partial charge in [0.1, 0.15) is 0 Å². The lowest BCUT2D eigenvalue weighted by molar-refractivity contribution is 0.0139. The van der Waals surface area contributed by atoms with E-state index in [1.54, 1.807) is 4.90 Å². The molecule has 2 aliphatic heterocycles. The second kappa shape index (κ2) is 2.63. The Morgan fingerprint density at radius 2 is 1.79 bits per heavy atom. The highest BCUT2D eigenvalue weighted by Gasteiger charge is 2.56. The predicted molar refractivity (Wildman–Crippen MR) is 53.1 cm³/mol. The van der Waals surface area contributed by atoms with Crippen LogP contribution in [0.25, 0.3) is 0 Å². The fraction of sp³-hybridized carbons (Fsp3) is 0.900. The minimum Gasteiger partial charge on any atom is -0.465 e. The van der Waals surface area contributed by atoms with Crippen molar-refractivity contribution in [3.05, 3.63) is 0 Å². The van der Waals surface area contributed by atoms with Gasteiger partial charge in [-0.05, 0) is 39.5 Å². The van der Waals surface area contributed by atoms with Crippen molar-refractivity contribution in [2.75, 3.05) is 0 Å². The average molecular weight is 198 g/mol. The van der Waals surface area contributed by atoms with Crippen LogP contribution < -0.4 is 5.73 Å². The Kier molecular flexibility index (Phi) is 1.83. The molecule has 0 aromatic rings. The molecule has 2 aliphatic rings. The van der Waals surface area contributed by atoms with Crippen LogP contribution in [0.1, 0.15) is 39.5 Å². The van der Waals surface area contributed by atoms with E-state index in [1.807, 2.05) is 13.8 Å². The molecule has 3 atom stereocenters. The summed E-state index contributed by atoms with van der Waals surface area (Å²) in [6, 6.07) is 0.156. The molecule has 0 aliphatic carbocycles. The number of carbonyl (C=O) groups is 1. The number of hydrogen-bond donors (Lipinski definition) is 2. The molecule has 0 radical (unpaired) electrons. The van der Waals surface area contributed by atoms with Gasteiger partial charge in [-0.3, -0.25) is 4.90 Å². The Bertz CT molecular complexity index is 261. The van der Waals surface area contributed by atoms with Crippen molar-refractivity contribution in [1.82, 2.24) is 4.90 Å². The van der Waals surface area contributed by atoms with Crippen LogP contribution in [0, 0.1) is 0 Å².